The molecule has 0 aromatic heterocycles. The molecule has 0 heterocycles. The topological polar surface area (TPSA) is 18.5 Å². The first-order chi connectivity index (χ1) is 13.5. The Morgan fingerprint density at radius 1 is 0.536 bits per heavy atom. The van der Waals surface area contributed by atoms with Gasteiger partial charge in [-0.15, -0.1) is 0 Å². The van der Waals surface area contributed by atoms with Crippen LogP contribution in [-0.2, 0) is 52.2 Å². The molecule has 0 spiro atoms. The zero-order valence-electron chi connectivity index (χ0n) is 19.1. The third-order valence-corrected chi connectivity index (χ3v) is 19.0. The van der Waals surface area contributed by atoms with Gasteiger partial charge in [-0.25, -0.2) is 0 Å². The van der Waals surface area contributed by atoms with Crippen molar-refractivity contribution in [1.29, 1.82) is 0 Å². The fourth-order valence-electron chi connectivity index (χ4n) is 3.57. The Bertz CT molecular complexity index is 480. The minimum atomic E-state index is 0.577. The van der Waals surface area contributed by atoms with Gasteiger partial charge in [0.1, 0.15) is 0 Å². The predicted octanol–water partition coefficient (Wildman–Crippen LogP) is 6.13. The summed E-state index contributed by atoms with van der Waals surface area (Å²) < 4.78 is 15.6. The molecule has 4 heteroatoms. The van der Waals surface area contributed by atoms with E-state index >= 15 is 0 Å². The minimum absolute atomic E-state index is 0.577. The summed E-state index contributed by atoms with van der Waals surface area (Å²) in [6, 6.07) is 0. The molecule has 1 rings (SSSR count). The maximum atomic E-state index is 6.30. The van der Waals surface area contributed by atoms with Crippen molar-refractivity contribution in [3.05, 3.63) is 11.1 Å². The van der Waals surface area contributed by atoms with Crippen LogP contribution in [0.5, 0.6) is 11.5 Å². The van der Waals surface area contributed by atoms with Crippen molar-refractivity contribution in [3.63, 3.8) is 0 Å². The molecule has 2 nitrogen and oxygen atoms in total. The molecule has 0 fully saturated rings. The molecule has 0 amide bonds. The SMILES string of the molecule is CCCCCCCCOc1c(C)c(C)c(OCCCCCCCC)[c]([Hg+])[c]1[Hg+]. The van der Waals surface area contributed by atoms with Gasteiger partial charge >= 0.3 is 208 Å². The van der Waals surface area contributed by atoms with Crippen molar-refractivity contribution in [2.45, 2.75) is 105 Å². The van der Waals surface area contributed by atoms with E-state index in [0.29, 0.717) is 52.2 Å². The first kappa shape index (κ1) is 26.7. The Balaban J connectivity index is 2.52. The van der Waals surface area contributed by atoms with Gasteiger partial charge in [-0.05, 0) is 0 Å². The monoisotopic (exact) mass is 764 g/mol. The molecule has 0 N–H and O–H groups in total. The molecule has 150 valence electrons. The van der Waals surface area contributed by atoms with Crippen molar-refractivity contribution in [2.24, 2.45) is 0 Å². The Kier molecular flexibility index (Phi) is 15.6. The number of hydrogen-bond acceptors (Lipinski definition) is 2. The van der Waals surface area contributed by atoms with Crippen LogP contribution in [0.2, 0.25) is 0 Å². The van der Waals surface area contributed by atoms with Gasteiger partial charge in [0.2, 0.25) is 0 Å². The van der Waals surface area contributed by atoms with Gasteiger partial charge in [0.25, 0.3) is 0 Å². The molecule has 0 bridgehead atoms. The summed E-state index contributed by atoms with van der Waals surface area (Å²) in [6.45, 7) is 10.8. The van der Waals surface area contributed by atoms with Crippen molar-refractivity contribution in [3.8, 4) is 11.5 Å². The molecule has 0 radical (unpaired) electrons. The molecule has 0 unspecified atom stereocenters. The zero-order valence-corrected chi connectivity index (χ0v) is 30.1. The standard InChI is InChI=1S/C24H40O2.2Hg/c1-5-7-9-11-13-15-19-25-23-17-18-24(22(4)21(23)3)26-20-16-14-12-10-8-6-2;;/h5-16,19-20H2,1-4H3;;/q;2*+1. The van der Waals surface area contributed by atoms with E-state index < -0.39 is 0 Å². The van der Waals surface area contributed by atoms with E-state index in [1.165, 1.54) is 106 Å². The van der Waals surface area contributed by atoms with Gasteiger partial charge in [0, 0.05) is 0 Å². The molecule has 0 saturated heterocycles. The fraction of sp³-hybridized carbons (Fsp3) is 0.750. The van der Waals surface area contributed by atoms with Crippen LogP contribution in [0.25, 0.3) is 0 Å². The van der Waals surface area contributed by atoms with Crippen LogP contribution < -0.4 is 15.6 Å². The first-order valence-corrected chi connectivity index (χ1v) is 17.1. The first-order valence-electron chi connectivity index (χ1n) is 11.6. The summed E-state index contributed by atoms with van der Waals surface area (Å²) in [6.07, 6.45) is 15.8. The number of benzene rings is 1. The summed E-state index contributed by atoms with van der Waals surface area (Å²) >= 11 is 1.15. The van der Waals surface area contributed by atoms with Gasteiger partial charge in [-0.3, -0.25) is 0 Å². The average Bonchev–Trinajstić information content (AvgIpc) is 2.69. The zero-order chi connectivity index (χ0) is 20.8. The van der Waals surface area contributed by atoms with E-state index in [0.717, 1.165) is 13.2 Å². The van der Waals surface area contributed by atoms with Crippen LogP contribution in [0.3, 0.4) is 0 Å². The maximum absolute atomic E-state index is 6.30. The molecule has 0 saturated carbocycles. The second kappa shape index (κ2) is 16.4. The molecular weight excluding hydrogens is 721 g/mol. The predicted molar refractivity (Wildman–Crippen MR) is 113 cm³/mol. The van der Waals surface area contributed by atoms with E-state index in [9.17, 15) is 0 Å². The Labute approximate surface area is 206 Å². The van der Waals surface area contributed by atoms with Gasteiger partial charge in [-0.1, -0.05) is 0 Å². The van der Waals surface area contributed by atoms with E-state index in [2.05, 4.69) is 27.7 Å². The summed E-state index contributed by atoms with van der Waals surface area (Å²) in [5, 5.41) is 0. The molecule has 1 aromatic carbocycles. The Morgan fingerprint density at radius 3 is 1.21 bits per heavy atom. The van der Waals surface area contributed by atoms with Crippen LogP contribution in [0.4, 0.5) is 0 Å². The second-order valence-corrected chi connectivity index (χ2v) is 13.6. The molecule has 0 aliphatic carbocycles. The van der Waals surface area contributed by atoms with E-state index in [-0.39, 0.29) is 0 Å². The van der Waals surface area contributed by atoms with Crippen molar-refractivity contribution < 1.29 is 61.7 Å². The van der Waals surface area contributed by atoms with Gasteiger partial charge in [-0.2, -0.15) is 0 Å². The second-order valence-electron chi connectivity index (χ2n) is 8.10. The van der Waals surface area contributed by atoms with Crippen LogP contribution in [0.1, 0.15) is 102 Å². The summed E-state index contributed by atoms with van der Waals surface area (Å²) in [4.78, 5) is 0. The van der Waals surface area contributed by atoms with Crippen molar-refractivity contribution in [2.75, 3.05) is 13.2 Å². The Morgan fingerprint density at radius 2 is 0.857 bits per heavy atom. The van der Waals surface area contributed by atoms with Gasteiger partial charge < -0.3 is 0 Å². The van der Waals surface area contributed by atoms with E-state index in [4.69, 9.17) is 9.47 Å². The molecule has 0 atom stereocenters. The van der Waals surface area contributed by atoms with Crippen molar-refractivity contribution in [1.82, 2.24) is 0 Å². The molecule has 0 aliphatic rings. The van der Waals surface area contributed by atoms with Crippen LogP contribution >= 0.6 is 0 Å². The van der Waals surface area contributed by atoms with Crippen LogP contribution in [0, 0.1) is 13.8 Å². The molecule has 1 aromatic rings. The molecular formula is C24H40Hg2O2+2. The number of rotatable bonds is 16. The number of hydrogen-bond donors (Lipinski definition) is 0. The number of ether oxygens (including phenoxy) is 2. The normalized spacial score (nSPS) is 11.1. The summed E-state index contributed by atoms with van der Waals surface area (Å²) in [5.41, 5.74) is 2.64. The van der Waals surface area contributed by atoms with Gasteiger partial charge in [0.05, 0.1) is 0 Å². The molecule has 28 heavy (non-hydrogen) atoms. The third kappa shape index (κ3) is 9.67. The summed E-state index contributed by atoms with van der Waals surface area (Å²) in [5.74, 6) is 2.43. The van der Waals surface area contributed by atoms with Crippen LogP contribution in [-0.4, -0.2) is 13.2 Å². The third-order valence-electron chi connectivity index (χ3n) is 5.64. The number of unbranched alkanes of at least 4 members (excludes halogenated alkanes) is 10. The fourth-order valence-corrected chi connectivity index (χ4v) is 7.67. The van der Waals surface area contributed by atoms with E-state index in [1.54, 1.807) is 0 Å². The summed E-state index contributed by atoms with van der Waals surface area (Å²) in [7, 11) is 0. The van der Waals surface area contributed by atoms with Crippen molar-refractivity contribution >= 4 is 6.14 Å². The van der Waals surface area contributed by atoms with Crippen LogP contribution in [0.15, 0.2) is 0 Å². The van der Waals surface area contributed by atoms with Gasteiger partial charge in [0.15, 0.2) is 0 Å². The molecule has 0 aliphatic heterocycles. The Hall–Kier alpha value is 0.690. The average molecular weight is 762 g/mol. The van der Waals surface area contributed by atoms with E-state index in [1.807, 2.05) is 0 Å². The quantitative estimate of drug-likeness (QED) is 0.149.